The molecule has 168 valence electrons. The molecule has 4 nitrogen and oxygen atoms in total. The molecule has 1 unspecified atom stereocenters. The first-order valence-corrected chi connectivity index (χ1v) is 12.3. The summed E-state index contributed by atoms with van der Waals surface area (Å²) < 4.78 is 0. The fraction of sp³-hybridized carbons (Fsp3) is 0.500. The maximum absolute atomic E-state index is 13.3. The van der Waals surface area contributed by atoms with Crippen LogP contribution in [-0.4, -0.2) is 54.6 Å². The van der Waals surface area contributed by atoms with Crippen LogP contribution in [0.5, 0.6) is 0 Å². The van der Waals surface area contributed by atoms with Gasteiger partial charge in [0.2, 0.25) is 0 Å². The molecule has 0 bridgehead atoms. The van der Waals surface area contributed by atoms with Crippen LogP contribution in [0.2, 0.25) is 0 Å². The van der Waals surface area contributed by atoms with E-state index in [0.29, 0.717) is 5.92 Å². The van der Waals surface area contributed by atoms with Crippen molar-refractivity contribution in [2.45, 2.75) is 44.9 Å². The van der Waals surface area contributed by atoms with Crippen molar-refractivity contribution in [2.24, 2.45) is 16.8 Å². The van der Waals surface area contributed by atoms with Crippen molar-refractivity contribution in [3.63, 3.8) is 0 Å². The highest BCUT2D eigenvalue weighted by Crippen LogP contribution is 2.37. The number of piperidine rings is 2. The van der Waals surface area contributed by atoms with E-state index in [4.69, 9.17) is 4.99 Å². The molecular weight excluding hydrogens is 394 g/mol. The van der Waals surface area contributed by atoms with Crippen molar-refractivity contribution in [3.05, 3.63) is 65.2 Å². The summed E-state index contributed by atoms with van der Waals surface area (Å²) in [5, 5.41) is 0. The molecular formula is C28H35N3O. The molecule has 3 heterocycles. The summed E-state index contributed by atoms with van der Waals surface area (Å²) in [7, 11) is 2.23. The number of rotatable bonds is 3. The van der Waals surface area contributed by atoms with E-state index in [-0.39, 0.29) is 5.91 Å². The van der Waals surface area contributed by atoms with Gasteiger partial charge in [-0.15, -0.1) is 0 Å². The van der Waals surface area contributed by atoms with E-state index in [1.54, 1.807) is 0 Å². The van der Waals surface area contributed by atoms with Crippen LogP contribution < -0.4 is 0 Å². The maximum Gasteiger partial charge on any atom is 0.253 e. The van der Waals surface area contributed by atoms with E-state index in [1.165, 1.54) is 37.1 Å². The first kappa shape index (κ1) is 21.4. The third-order valence-corrected chi connectivity index (χ3v) is 7.93. The predicted molar refractivity (Wildman–Crippen MR) is 131 cm³/mol. The third-order valence-electron chi connectivity index (χ3n) is 7.93. The minimum Gasteiger partial charge on any atom is -0.339 e. The maximum atomic E-state index is 13.3. The van der Waals surface area contributed by atoms with Gasteiger partial charge in [-0.1, -0.05) is 43.3 Å². The lowest BCUT2D eigenvalue weighted by Gasteiger charge is -2.39. The molecule has 4 heteroatoms. The molecule has 32 heavy (non-hydrogen) atoms. The highest BCUT2D eigenvalue weighted by Gasteiger charge is 2.31. The zero-order chi connectivity index (χ0) is 22.1. The van der Waals surface area contributed by atoms with E-state index in [2.05, 4.69) is 54.1 Å². The monoisotopic (exact) mass is 429 g/mol. The lowest BCUT2D eigenvalue weighted by molar-refractivity contribution is 0.0615. The molecule has 2 aromatic rings. The number of carbonyl (C=O) groups is 1. The standard InChI is InChI=1S/C28H35N3O/c1-20-18-26(23-6-4-3-5-7-23)29-27-19-24(8-9-25(20)27)28(32)31-16-12-22(13-17-31)21-10-14-30(2)15-11-21/h3-9,19-22H,10-18H2,1-2H3. The SMILES string of the molecule is CC1CC(c2ccccc2)=Nc2cc(C(=O)N3CCC(C4CCN(C)CC4)CC3)ccc21. The van der Waals surface area contributed by atoms with Crippen LogP contribution in [0.1, 0.15) is 66.4 Å². The summed E-state index contributed by atoms with van der Waals surface area (Å²) in [5.41, 5.74) is 5.30. The Morgan fingerprint density at radius 2 is 1.56 bits per heavy atom. The Balaban J connectivity index is 1.28. The molecule has 1 atom stereocenters. The lowest BCUT2D eigenvalue weighted by atomic mass is 9.79. The normalized spacial score (nSPS) is 23.0. The van der Waals surface area contributed by atoms with E-state index in [0.717, 1.165) is 61.2 Å². The molecule has 0 radical (unpaired) electrons. The minimum absolute atomic E-state index is 0.171. The number of likely N-dealkylation sites (tertiary alicyclic amines) is 2. The van der Waals surface area contributed by atoms with Gasteiger partial charge in [0.25, 0.3) is 5.91 Å². The zero-order valence-electron chi connectivity index (χ0n) is 19.5. The van der Waals surface area contributed by atoms with Gasteiger partial charge in [0.15, 0.2) is 0 Å². The molecule has 0 aliphatic carbocycles. The average molecular weight is 430 g/mol. The number of amides is 1. The molecule has 0 spiro atoms. The van der Waals surface area contributed by atoms with E-state index in [9.17, 15) is 4.79 Å². The second-order valence-corrected chi connectivity index (χ2v) is 10.1. The fourth-order valence-electron chi connectivity index (χ4n) is 5.85. The Kier molecular flexibility index (Phi) is 6.14. The molecule has 3 aliphatic rings. The zero-order valence-corrected chi connectivity index (χ0v) is 19.5. The molecule has 0 aromatic heterocycles. The number of hydrogen-bond acceptors (Lipinski definition) is 3. The van der Waals surface area contributed by atoms with Crippen molar-refractivity contribution in [1.29, 1.82) is 0 Å². The average Bonchev–Trinajstić information content (AvgIpc) is 2.84. The van der Waals surface area contributed by atoms with Crippen molar-refractivity contribution < 1.29 is 4.79 Å². The van der Waals surface area contributed by atoms with E-state index < -0.39 is 0 Å². The largest absolute Gasteiger partial charge is 0.339 e. The number of benzene rings is 2. The predicted octanol–water partition coefficient (Wildman–Crippen LogP) is 5.51. The Morgan fingerprint density at radius 3 is 2.25 bits per heavy atom. The van der Waals surface area contributed by atoms with Gasteiger partial charge in [0.1, 0.15) is 0 Å². The number of carbonyl (C=O) groups excluding carboxylic acids is 1. The van der Waals surface area contributed by atoms with Crippen LogP contribution in [0, 0.1) is 11.8 Å². The van der Waals surface area contributed by atoms with E-state index >= 15 is 0 Å². The molecule has 3 aliphatic heterocycles. The van der Waals surface area contributed by atoms with Crippen molar-refractivity contribution in [1.82, 2.24) is 9.80 Å². The Hall–Kier alpha value is -2.46. The van der Waals surface area contributed by atoms with Crippen molar-refractivity contribution in [2.75, 3.05) is 33.2 Å². The van der Waals surface area contributed by atoms with Crippen LogP contribution in [0.4, 0.5) is 5.69 Å². The number of aliphatic imine (C=N–C) groups is 1. The van der Waals surface area contributed by atoms with Crippen molar-refractivity contribution in [3.8, 4) is 0 Å². The van der Waals surface area contributed by atoms with E-state index in [1.807, 2.05) is 18.2 Å². The summed E-state index contributed by atoms with van der Waals surface area (Å²) in [6, 6.07) is 16.6. The van der Waals surface area contributed by atoms with Crippen LogP contribution in [-0.2, 0) is 0 Å². The quantitative estimate of drug-likeness (QED) is 0.645. The molecule has 2 saturated heterocycles. The highest BCUT2D eigenvalue weighted by molar-refractivity contribution is 6.04. The summed E-state index contributed by atoms with van der Waals surface area (Å²) in [5.74, 6) is 2.21. The van der Waals surface area contributed by atoms with Gasteiger partial charge in [-0.05, 0) is 93.3 Å². The second kappa shape index (κ2) is 9.19. The van der Waals surface area contributed by atoms with Gasteiger partial charge in [-0.25, -0.2) is 0 Å². The van der Waals surface area contributed by atoms with Crippen LogP contribution >= 0.6 is 0 Å². The van der Waals surface area contributed by atoms with Gasteiger partial charge in [-0.3, -0.25) is 9.79 Å². The Bertz CT molecular complexity index is 983. The smallest absolute Gasteiger partial charge is 0.253 e. The summed E-state index contributed by atoms with van der Waals surface area (Å²) in [4.78, 5) is 22.8. The molecule has 0 saturated carbocycles. The van der Waals surface area contributed by atoms with Crippen LogP contribution in [0.3, 0.4) is 0 Å². The minimum atomic E-state index is 0.171. The highest BCUT2D eigenvalue weighted by atomic mass is 16.2. The second-order valence-electron chi connectivity index (χ2n) is 10.1. The Labute approximate surface area is 192 Å². The molecule has 1 amide bonds. The number of fused-ring (bicyclic) bond motifs is 1. The topological polar surface area (TPSA) is 35.9 Å². The third kappa shape index (κ3) is 4.38. The Morgan fingerprint density at radius 1 is 0.906 bits per heavy atom. The van der Waals surface area contributed by atoms with Crippen LogP contribution in [0.25, 0.3) is 0 Å². The van der Waals surface area contributed by atoms with Gasteiger partial charge in [-0.2, -0.15) is 0 Å². The fourth-order valence-corrected chi connectivity index (χ4v) is 5.85. The number of nitrogens with zero attached hydrogens (tertiary/aromatic N) is 3. The van der Waals surface area contributed by atoms with Crippen LogP contribution in [0.15, 0.2) is 53.5 Å². The first-order chi connectivity index (χ1) is 15.6. The molecule has 2 fully saturated rings. The van der Waals surface area contributed by atoms with Gasteiger partial charge >= 0.3 is 0 Å². The number of hydrogen-bond donors (Lipinski definition) is 0. The first-order valence-electron chi connectivity index (χ1n) is 12.3. The molecule has 2 aromatic carbocycles. The molecule has 0 N–H and O–H groups in total. The van der Waals surface area contributed by atoms with Gasteiger partial charge in [0, 0.05) is 24.4 Å². The summed E-state index contributed by atoms with van der Waals surface area (Å²) in [6.07, 6.45) is 5.88. The summed E-state index contributed by atoms with van der Waals surface area (Å²) in [6.45, 7) is 6.49. The lowest BCUT2D eigenvalue weighted by Crippen LogP contribution is -2.42. The van der Waals surface area contributed by atoms with Gasteiger partial charge < -0.3 is 9.80 Å². The van der Waals surface area contributed by atoms with Crippen molar-refractivity contribution >= 4 is 17.3 Å². The molecule has 5 rings (SSSR count). The summed E-state index contributed by atoms with van der Waals surface area (Å²) >= 11 is 0. The van der Waals surface area contributed by atoms with Gasteiger partial charge in [0.05, 0.1) is 5.69 Å².